The molecule has 1 aromatic carbocycles. The highest BCUT2D eigenvalue weighted by molar-refractivity contribution is 5.70. The number of halogens is 3. The second-order valence-electron chi connectivity index (χ2n) is 7.53. The summed E-state index contributed by atoms with van der Waals surface area (Å²) >= 11 is 0. The van der Waals surface area contributed by atoms with E-state index >= 15 is 0 Å². The Morgan fingerprint density at radius 1 is 1.37 bits per heavy atom. The number of fused-ring (bicyclic) bond motifs is 5. The molecule has 2 aliphatic rings. The van der Waals surface area contributed by atoms with E-state index in [9.17, 15) is 27.9 Å². The summed E-state index contributed by atoms with van der Waals surface area (Å²) in [5.41, 5.74) is -2.56. The first-order valence-electron chi connectivity index (χ1n) is 9.19. The monoisotopic (exact) mass is 422 g/mol. The van der Waals surface area contributed by atoms with Crippen LogP contribution < -0.4 is 5.69 Å². The molecule has 1 saturated heterocycles. The molecule has 1 N–H and O–H groups in total. The Hall–Kier alpha value is -3.42. The number of nitriles is 1. The summed E-state index contributed by atoms with van der Waals surface area (Å²) in [6.45, 7) is 3.59. The van der Waals surface area contributed by atoms with E-state index in [1.54, 1.807) is 13.8 Å². The van der Waals surface area contributed by atoms with E-state index in [-0.39, 0.29) is 24.0 Å². The van der Waals surface area contributed by atoms with Gasteiger partial charge in [0.25, 0.3) is 0 Å². The third kappa shape index (κ3) is 2.82. The SMILES string of the molecule is CC(C)OC(=O)N1C[C@H]2CC1c1c(O)n(-c3ccc(C#N)c(C(F)(F)F)c3)c(=O)n12. The second kappa shape index (κ2) is 6.55. The van der Waals surface area contributed by atoms with Gasteiger partial charge in [-0.1, -0.05) is 0 Å². The number of benzene rings is 1. The van der Waals surface area contributed by atoms with Crippen molar-refractivity contribution in [2.75, 3.05) is 6.54 Å². The lowest BCUT2D eigenvalue weighted by atomic mass is 10.1. The van der Waals surface area contributed by atoms with Crippen molar-refractivity contribution < 1.29 is 27.8 Å². The molecule has 0 radical (unpaired) electrons. The lowest BCUT2D eigenvalue weighted by Gasteiger charge is -2.27. The molecule has 0 aliphatic carbocycles. The summed E-state index contributed by atoms with van der Waals surface area (Å²) in [5, 5.41) is 19.7. The molecule has 0 saturated carbocycles. The van der Waals surface area contributed by atoms with Gasteiger partial charge in [-0.15, -0.1) is 0 Å². The molecule has 0 spiro atoms. The van der Waals surface area contributed by atoms with Gasteiger partial charge in [0.2, 0.25) is 5.88 Å². The van der Waals surface area contributed by atoms with Gasteiger partial charge < -0.3 is 9.84 Å². The van der Waals surface area contributed by atoms with Crippen molar-refractivity contribution in [3.05, 3.63) is 45.5 Å². The van der Waals surface area contributed by atoms with E-state index in [0.29, 0.717) is 12.5 Å². The van der Waals surface area contributed by atoms with Gasteiger partial charge in [0.1, 0.15) is 5.69 Å². The third-order valence-electron chi connectivity index (χ3n) is 5.32. The van der Waals surface area contributed by atoms with E-state index in [1.807, 2.05) is 0 Å². The average molecular weight is 422 g/mol. The number of carbonyl (C=O) groups is 1. The first-order chi connectivity index (χ1) is 14.0. The van der Waals surface area contributed by atoms with E-state index in [1.165, 1.54) is 15.5 Å². The maximum atomic E-state index is 13.3. The zero-order chi connectivity index (χ0) is 22.0. The van der Waals surface area contributed by atoms with Crippen molar-refractivity contribution in [1.29, 1.82) is 5.26 Å². The van der Waals surface area contributed by atoms with E-state index in [0.717, 1.165) is 16.7 Å². The molecule has 1 unspecified atom stereocenters. The summed E-state index contributed by atoms with van der Waals surface area (Å²) < 4.78 is 47.2. The molecule has 158 valence electrons. The predicted molar refractivity (Wildman–Crippen MR) is 96.1 cm³/mol. The Labute approximate surface area is 168 Å². The fourth-order valence-electron chi connectivity index (χ4n) is 4.15. The molecule has 2 bridgehead atoms. The maximum Gasteiger partial charge on any atom is 0.417 e. The topological polar surface area (TPSA) is 100 Å². The standard InChI is InChI=1S/C19H17F3N4O4/c1-9(2)30-18(29)24-8-12-6-14(24)15-16(27)26(17(28)25(12)15)11-4-3-10(7-23)13(5-11)19(20,21)22/h3-5,9,12,14,27H,6,8H2,1-2H3/t12-,14?/m1/s1. The summed E-state index contributed by atoms with van der Waals surface area (Å²) in [6, 6.07) is 3.22. The van der Waals surface area contributed by atoms with Crippen LogP contribution in [-0.2, 0) is 10.9 Å². The van der Waals surface area contributed by atoms with E-state index in [4.69, 9.17) is 10.00 Å². The Kier molecular flexibility index (Phi) is 4.34. The number of rotatable bonds is 2. The molecular weight excluding hydrogens is 405 g/mol. The number of imidazole rings is 1. The zero-order valence-corrected chi connectivity index (χ0v) is 16.0. The smallest absolute Gasteiger partial charge is 0.417 e. The van der Waals surface area contributed by atoms with Gasteiger partial charge in [-0.3, -0.25) is 9.47 Å². The number of hydrogen-bond acceptors (Lipinski definition) is 5. The van der Waals surface area contributed by atoms with Crippen molar-refractivity contribution in [3.63, 3.8) is 0 Å². The van der Waals surface area contributed by atoms with Gasteiger partial charge in [0.15, 0.2) is 0 Å². The van der Waals surface area contributed by atoms with Crippen LogP contribution in [0.1, 0.15) is 49.2 Å². The Morgan fingerprint density at radius 3 is 2.67 bits per heavy atom. The van der Waals surface area contributed by atoms with E-state index < -0.39 is 47.0 Å². The van der Waals surface area contributed by atoms with Crippen LogP contribution in [0.5, 0.6) is 5.88 Å². The van der Waals surface area contributed by atoms with Crippen LogP contribution in [0.15, 0.2) is 23.0 Å². The van der Waals surface area contributed by atoms with Crippen LogP contribution in [-0.4, -0.2) is 37.9 Å². The normalized spacial score (nSPS) is 19.8. The van der Waals surface area contributed by atoms with Crippen LogP contribution in [0.2, 0.25) is 0 Å². The van der Waals surface area contributed by atoms with Gasteiger partial charge in [-0.05, 0) is 38.5 Å². The van der Waals surface area contributed by atoms with Gasteiger partial charge >= 0.3 is 18.0 Å². The summed E-state index contributed by atoms with van der Waals surface area (Å²) in [4.78, 5) is 26.7. The number of hydrogen-bond donors (Lipinski definition) is 1. The molecule has 4 rings (SSSR count). The average Bonchev–Trinajstić information content (AvgIpc) is 3.31. The largest absolute Gasteiger partial charge is 0.493 e. The fourth-order valence-corrected chi connectivity index (χ4v) is 4.15. The molecule has 1 fully saturated rings. The fraction of sp³-hybridized carbons (Fsp3) is 0.421. The molecule has 1 amide bonds. The number of aromatic nitrogens is 2. The van der Waals surface area contributed by atoms with Crippen LogP contribution in [0, 0.1) is 11.3 Å². The van der Waals surface area contributed by atoms with Crippen LogP contribution in [0.25, 0.3) is 5.69 Å². The molecule has 30 heavy (non-hydrogen) atoms. The number of ether oxygens (including phenoxy) is 1. The number of amides is 1. The van der Waals surface area contributed by atoms with Gasteiger partial charge in [0.05, 0.1) is 41.1 Å². The third-order valence-corrected chi connectivity index (χ3v) is 5.32. The molecule has 8 nitrogen and oxygen atoms in total. The molecule has 2 atom stereocenters. The lowest BCUT2D eigenvalue weighted by molar-refractivity contribution is -0.137. The lowest BCUT2D eigenvalue weighted by Crippen LogP contribution is -2.38. The first-order valence-corrected chi connectivity index (χ1v) is 9.19. The number of alkyl halides is 3. The quantitative estimate of drug-likeness (QED) is 0.802. The number of nitrogens with zero attached hydrogens (tertiary/aromatic N) is 4. The highest BCUT2D eigenvalue weighted by Crippen LogP contribution is 2.49. The summed E-state index contributed by atoms with van der Waals surface area (Å²) in [7, 11) is 0. The van der Waals surface area contributed by atoms with Gasteiger partial charge in [-0.2, -0.15) is 18.4 Å². The minimum absolute atomic E-state index is 0.162. The molecule has 2 aliphatic heterocycles. The zero-order valence-electron chi connectivity index (χ0n) is 16.0. The minimum atomic E-state index is -4.81. The minimum Gasteiger partial charge on any atom is -0.493 e. The number of aromatic hydroxyl groups is 1. The number of carbonyl (C=O) groups excluding carboxylic acids is 1. The molecule has 11 heteroatoms. The predicted octanol–water partition coefficient (Wildman–Crippen LogP) is 3.08. The summed E-state index contributed by atoms with van der Waals surface area (Å²) in [5.74, 6) is -0.535. The van der Waals surface area contributed by atoms with Crippen LogP contribution in [0.3, 0.4) is 0 Å². The Morgan fingerprint density at radius 2 is 2.07 bits per heavy atom. The van der Waals surface area contributed by atoms with Gasteiger partial charge in [-0.25, -0.2) is 14.2 Å². The van der Waals surface area contributed by atoms with Gasteiger partial charge in [0, 0.05) is 6.54 Å². The Bertz CT molecular complexity index is 1140. The van der Waals surface area contributed by atoms with E-state index in [2.05, 4.69) is 0 Å². The highest BCUT2D eigenvalue weighted by Gasteiger charge is 2.50. The number of likely N-dealkylation sites (tertiary alicyclic amines) is 1. The molecule has 3 heterocycles. The second-order valence-corrected chi connectivity index (χ2v) is 7.53. The maximum absolute atomic E-state index is 13.3. The molecular formula is C19H17F3N4O4. The summed E-state index contributed by atoms with van der Waals surface area (Å²) in [6.07, 6.45) is -5.33. The van der Waals surface area contributed by atoms with Crippen molar-refractivity contribution in [2.24, 2.45) is 0 Å². The van der Waals surface area contributed by atoms with Crippen molar-refractivity contribution in [3.8, 4) is 17.6 Å². The molecule has 2 aromatic rings. The first kappa shape index (κ1) is 19.9. The highest BCUT2D eigenvalue weighted by atomic mass is 19.4. The van der Waals surface area contributed by atoms with Crippen molar-refractivity contribution >= 4 is 6.09 Å². The van der Waals surface area contributed by atoms with Crippen molar-refractivity contribution in [1.82, 2.24) is 14.0 Å². The van der Waals surface area contributed by atoms with Crippen LogP contribution in [0.4, 0.5) is 18.0 Å². The van der Waals surface area contributed by atoms with Crippen molar-refractivity contribution in [2.45, 2.75) is 44.6 Å². The molecule has 1 aromatic heterocycles. The Balaban J connectivity index is 1.80. The van der Waals surface area contributed by atoms with Crippen LogP contribution >= 0.6 is 0 Å².